The van der Waals surface area contributed by atoms with E-state index in [4.69, 9.17) is 0 Å². The first-order valence-corrected chi connectivity index (χ1v) is 14.5. The minimum Gasteiger partial charge on any atom is -0.323 e. The number of nitrogens with zero attached hydrogens (tertiary/aromatic N) is 5. The summed E-state index contributed by atoms with van der Waals surface area (Å²) in [7, 11) is 1.91. The molecule has 38 heavy (non-hydrogen) atoms. The highest BCUT2D eigenvalue weighted by atomic mass is 32.1. The van der Waals surface area contributed by atoms with Crippen LogP contribution in [0, 0.1) is 12.8 Å². The van der Waals surface area contributed by atoms with Crippen LogP contribution in [0.5, 0.6) is 0 Å². The van der Waals surface area contributed by atoms with Crippen LogP contribution in [-0.4, -0.2) is 47.7 Å². The third-order valence-electron chi connectivity index (χ3n) is 7.47. The zero-order chi connectivity index (χ0) is 27.1. The molecule has 2 heterocycles. The highest BCUT2D eigenvalue weighted by Crippen LogP contribution is 2.26. The lowest BCUT2D eigenvalue weighted by Crippen LogP contribution is -2.33. The lowest BCUT2D eigenvalue weighted by Gasteiger charge is -2.30. The standard InChI is InChI=1S/C31H41N5OS/c1-6-36(28-14-11-27(12-15-28)22-35-19-17-24(3)18-20-35)30(37)21-25(4)34(5)31-33-32-29(38-31)16-13-26-9-7-23(2)8-10-26/h7-12,14-15,24H,4,6,13,16-22H2,1-3,5H3. The van der Waals surface area contributed by atoms with E-state index >= 15 is 0 Å². The molecule has 1 fully saturated rings. The van der Waals surface area contributed by atoms with Crippen molar-refractivity contribution in [1.29, 1.82) is 0 Å². The fourth-order valence-electron chi connectivity index (χ4n) is 4.77. The van der Waals surface area contributed by atoms with Crippen LogP contribution in [-0.2, 0) is 24.2 Å². The molecule has 0 aliphatic carbocycles. The molecule has 1 aliphatic rings. The van der Waals surface area contributed by atoms with Gasteiger partial charge in [-0.05, 0) is 75.4 Å². The van der Waals surface area contributed by atoms with Gasteiger partial charge in [0.05, 0.1) is 6.42 Å². The number of anilines is 2. The zero-order valence-corrected chi connectivity index (χ0v) is 24.1. The van der Waals surface area contributed by atoms with Crippen molar-refractivity contribution in [1.82, 2.24) is 15.1 Å². The minimum atomic E-state index is 0.0335. The summed E-state index contributed by atoms with van der Waals surface area (Å²) in [6.07, 6.45) is 4.56. The predicted octanol–water partition coefficient (Wildman–Crippen LogP) is 6.26. The van der Waals surface area contributed by atoms with E-state index in [0.717, 1.165) is 41.1 Å². The van der Waals surface area contributed by atoms with Crippen molar-refractivity contribution in [2.45, 2.75) is 59.4 Å². The van der Waals surface area contributed by atoms with E-state index in [0.29, 0.717) is 12.2 Å². The molecule has 2 aromatic carbocycles. The number of hydrogen-bond donors (Lipinski definition) is 0. The number of amides is 1. The molecule has 3 aromatic rings. The van der Waals surface area contributed by atoms with E-state index in [9.17, 15) is 4.79 Å². The van der Waals surface area contributed by atoms with Crippen molar-refractivity contribution >= 4 is 28.1 Å². The van der Waals surface area contributed by atoms with Crippen LogP contribution in [0.1, 0.15) is 54.8 Å². The van der Waals surface area contributed by atoms with Crippen molar-refractivity contribution in [3.05, 3.63) is 82.5 Å². The van der Waals surface area contributed by atoms with Gasteiger partial charge in [-0.15, -0.1) is 10.2 Å². The summed E-state index contributed by atoms with van der Waals surface area (Å²) in [6, 6.07) is 17.1. The van der Waals surface area contributed by atoms with Gasteiger partial charge in [0.25, 0.3) is 0 Å². The summed E-state index contributed by atoms with van der Waals surface area (Å²) >= 11 is 1.56. The van der Waals surface area contributed by atoms with Gasteiger partial charge >= 0.3 is 0 Å². The molecule has 0 bridgehead atoms. The topological polar surface area (TPSA) is 52.6 Å². The van der Waals surface area contributed by atoms with Gasteiger partial charge in [-0.3, -0.25) is 9.69 Å². The van der Waals surface area contributed by atoms with Gasteiger partial charge in [-0.25, -0.2) is 0 Å². The first-order valence-electron chi connectivity index (χ1n) is 13.7. The summed E-state index contributed by atoms with van der Waals surface area (Å²) in [5.74, 6) is 0.871. The smallest absolute Gasteiger partial charge is 0.232 e. The normalized spacial score (nSPS) is 14.4. The lowest BCUT2D eigenvalue weighted by molar-refractivity contribution is -0.117. The van der Waals surface area contributed by atoms with Crippen LogP contribution in [0.4, 0.5) is 10.8 Å². The Morgan fingerprint density at radius 3 is 2.34 bits per heavy atom. The van der Waals surface area contributed by atoms with Crippen LogP contribution in [0.15, 0.2) is 60.8 Å². The molecule has 0 N–H and O–H groups in total. The lowest BCUT2D eigenvalue weighted by atomic mass is 9.99. The Bertz CT molecular complexity index is 1200. The molecule has 0 unspecified atom stereocenters. The second-order valence-electron chi connectivity index (χ2n) is 10.5. The molecule has 202 valence electrons. The molecule has 1 aromatic heterocycles. The zero-order valence-electron chi connectivity index (χ0n) is 23.3. The van der Waals surface area contributed by atoms with E-state index < -0.39 is 0 Å². The summed E-state index contributed by atoms with van der Waals surface area (Å²) in [4.78, 5) is 19.5. The van der Waals surface area contributed by atoms with Crippen LogP contribution >= 0.6 is 11.3 Å². The Labute approximate surface area is 232 Å². The van der Waals surface area contributed by atoms with E-state index in [1.54, 1.807) is 11.3 Å². The number of piperidine rings is 1. The Balaban J connectivity index is 1.29. The summed E-state index contributed by atoms with van der Waals surface area (Å²) in [5, 5.41) is 10.5. The second kappa shape index (κ2) is 13.2. The molecule has 1 amide bonds. The van der Waals surface area contributed by atoms with Crippen molar-refractivity contribution in [3.8, 4) is 0 Å². The number of rotatable bonds is 11. The van der Waals surface area contributed by atoms with Gasteiger partial charge in [0, 0.05) is 37.9 Å². The van der Waals surface area contributed by atoms with Crippen LogP contribution < -0.4 is 9.80 Å². The highest BCUT2D eigenvalue weighted by Gasteiger charge is 2.20. The quantitative estimate of drug-likeness (QED) is 0.292. The van der Waals surface area contributed by atoms with Crippen molar-refractivity contribution in [2.75, 3.05) is 36.5 Å². The summed E-state index contributed by atoms with van der Waals surface area (Å²) < 4.78 is 0. The first-order chi connectivity index (χ1) is 18.3. The molecule has 0 spiro atoms. The molecular weight excluding hydrogens is 490 g/mol. The summed E-state index contributed by atoms with van der Waals surface area (Å²) in [5.41, 5.74) is 5.50. The first kappa shape index (κ1) is 28.0. The largest absolute Gasteiger partial charge is 0.323 e. The predicted molar refractivity (Wildman–Crippen MR) is 159 cm³/mol. The van der Waals surface area contributed by atoms with E-state index in [1.165, 1.54) is 42.6 Å². The van der Waals surface area contributed by atoms with Gasteiger partial charge in [0.1, 0.15) is 5.01 Å². The van der Waals surface area contributed by atoms with Gasteiger partial charge in [-0.1, -0.05) is 66.8 Å². The van der Waals surface area contributed by atoms with E-state index in [1.807, 2.05) is 23.8 Å². The van der Waals surface area contributed by atoms with Crippen LogP contribution in [0.3, 0.4) is 0 Å². The number of aromatic nitrogens is 2. The molecule has 0 radical (unpaired) electrons. The third kappa shape index (κ3) is 7.51. The van der Waals surface area contributed by atoms with Crippen molar-refractivity contribution < 1.29 is 4.79 Å². The maximum Gasteiger partial charge on any atom is 0.232 e. The van der Waals surface area contributed by atoms with Gasteiger partial charge < -0.3 is 9.80 Å². The number of aryl methyl sites for hydroxylation is 3. The van der Waals surface area contributed by atoms with E-state index in [-0.39, 0.29) is 12.3 Å². The molecule has 6 nitrogen and oxygen atoms in total. The third-order valence-corrected chi connectivity index (χ3v) is 8.53. The number of likely N-dealkylation sites (tertiary alicyclic amines) is 1. The van der Waals surface area contributed by atoms with E-state index in [2.05, 4.69) is 84.1 Å². The van der Waals surface area contributed by atoms with Crippen LogP contribution in [0.2, 0.25) is 0 Å². The fraction of sp³-hybridized carbons (Fsp3) is 0.452. The molecule has 1 saturated heterocycles. The Morgan fingerprint density at radius 1 is 1.03 bits per heavy atom. The summed E-state index contributed by atoms with van der Waals surface area (Å²) in [6.45, 7) is 14.6. The number of benzene rings is 2. The molecule has 7 heteroatoms. The fourth-order valence-corrected chi connectivity index (χ4v) is 5.62. The second-order valence-corrected chi connectivity index (χ2v) is 11.6. The minimum absolute atomic E-state index is 0.0335. The highest BCUT2D eigenvalue weighted by molar-refractivity contribution is 7.15. The van der Waals surface area contributed by atoms with Crippen molar-refractivity contribution in [2.24, 2.45) is 5.92 Å². The molecule has 0 atom stereocenters. The molecule has 0 saturated carbocycles. The maximum absolute atomic E-state index is 13.2. The van der Waals surface area contributed by atoms with Gasteiger partial charge in [0.15, 0.2) is 0 Å². The molecular formula is C31H41N5OS. The average Bonchev–Trinajstić information content (AvgIpc) is 3.39. The Kier molecular flexibility index (Phi) is 9.69. The SMILES string of the molecule is C=C(CC(=O)N(CC)c1ccc(CN2CCC(C)CC2)cc1)N(C)c1nnc(CCc2ccc(C)cc2)s1. The molecule has 4 rings (SSSR count). The Morgan fingerprint density at radius 2 is 1.68 bits per heavy atom. The molecule has 1 aliphatic heterocycles. The number of carbonyl (C=O) groups is 1. The Hall–Kier alpha value is -3.03. The average molecular weight is 532 g/mol. The maximum atomic E-state index is 13.2. The number of hydrogen-bond acceptors (Lipinski definition) is 6. The van der Waals surface area contributed by atoms with Gasteiger partial charge in [-0.2, -0.15) is 0 Å². The van der Waals surface area contributed by atoms with Crippen molar-refractivity contribution in [3.63, 3.8) is 0 Å². The van der Waals surface area contributed by atoms with Gasteiger partial charge in [0.2, 0.25) is 11.0 Å². The van der Waals surface area contributed by atoms with Crippen LogP contribution in [0.25, 0.3) is 0 Å². The number of carbonyl (C=O) groups excluding carboxylic acids is 1. The monoisotopic (exact) mass is 531 g/mol.